The normalized spacial score (nSPS) is 17.0. The van der Waals surface area contributed by atoms with Crippen LogP contribution in [0, 0.1) is 0 Å². The molecule has 1 amide bonds. The third kappa shape index (κ3) is 3.94. The maximum atomic E-state index is 12.6. The fraction of sp³-hybridized carbons (Fsp3) is 0.278. The molecule has 2 aromatic carbocycles. The van der Waals surface area contributed by atoms with Gasteiger partial charge in [-0.3, -0.25) is 4.79 Å². The fourth-order valence-corrected chi connectivity index (χ4v) is 3.24. The zero-order valence-electron chi connectivity index (χ0n) is 13.2. The maximum absolute atomic E-state index is 12.6. The van der Waals surface area contributed by atoms with Crippen LogP contribution in [0.4, 0.5) is 0 Å². The highest BCUT2D eigenvalue weighted by Crippen LogP contribution is 2.24. The lowest BCUT2D eigenvalue weighted by Gasteiger charge is -2.18. The Bertz CT molecular complexity index is 713. The first kappa shape index (κ1) is 16.9. The molecule has 1 aliphatic rings. The van der Waals surface area contributed by atoms with Gasteiger partial charge in [-0.25, -0.2) is 0 Å². The van der Waals surface area contributed by atoms with Gasteiger partial charge in [0.25, 0.3) is 5.91 Å². The lowest BCUT2D eigenvalue weighted by atomic mass is 10.2. The summed E-state index contributed by atoms with van der Waals surface area (Å²) in [5.74, 6) is 1.46. The van der Waals surface area contributed by atoms with Gasteiger partial charge in [-0.1, -0.05) is 23.2 Å². The van der Waals surface area contributed by atoms with E-state index in [2.05, 4.69) is 0 Å². The molecule has 2 aromatic rings. The SMILES string of the molecule is COc1ccc(OC2CCN(C(=O)c3cc(Cl)cc(Cl)c3)C2)cc1. The number of ether oxygens (including phenoxy) is 2. The van der Waals surface area contributed by atoms with Crippen molar-refractivity contribution in [3.63, 3.8) is 0 Å². The summed E-state index contributed by atoms with van der Waals surface area (Å²) in [5, 5.41) is 0.909. The molecule has 0 aliphatic carbocycles. The molecule has 0 N–H and O–H groups in total. The van der Waals surface area contributed by atoms with Gasteiger partial charge < -0.3 is 14.4 Å². The number of likely N-dealkylation sites (tertiary alicyclic amines) is 1. The van der Waals surface area contributed by atoms with Gasteiger partial charge in [0.1, 0.15) is 17.6 Å². The molecular formula is C18H17Cl2NO3. The maximum Gasteiger partial charge on any atom is 0.254 e. The highest BCUT2D eigenvalue weighted by Gasteiger charge is 2.28. The van der Waals surface area contributed by atoms with E-state index in [1.54, 1.807) is 30.2 Å². The van der Waals surface area contributed by atoms with Gasteiger partial charge >= 0.3 is 0 Å². The number of hydrogen-bond donors (Lipinski definition) is 0. The van der Waals surface area contributed by atoms with Crippen molar-refractivity contribution in [2.45, 2.75) is 12.5 Å². The highest BCUT2D eigenvalue weighted by atomic mass is 35.5. The minimum atomic E-state index is -0.0831. The second kappa shape index (κ2) is 7.32. The van der Waals surface area contributed by atoms with Gasteiger partial charge in [0.15, 0.2) is 0 Å². The first-order valence-electron chi connectivity index (χ1n) is 7.61. The van der Waals surface area contributed by atoms with Crippen molar-refractivity contribution in [3.05, 3.63) is 58.1 Å². The number of carbonyl (C=O) groups excluding carboxylic acids is 1. The molecule has 1 saturated heterocycles. The quantitative estimate of drug-likeness (QED) is 0.810. The topological polar surface area (TPSA) is 38.8 Å². The van der Waals surface area contributed by atoms with Crippen molar-refractivity contribution in [2.75, 3.05) is 20.2 Å². The van der Waals surface area contributed by atoms with Crippen LogP contribution in [-0.2, 0) is 0 Å². The van der Waals surface area contributed by atoms with Gasteiger partial charge in [0.05, 0.1) is 13.7 Å². The Balaban J connectivity index is 1.62. The molecule has 0 radical (unpaired) electrons. The van der Waals surface area contributed by atoms with Crippen LogP contribution in [0.3, 0.4) is 0 Å². The summed E-state index contributed by atoms with van der Waals surface area (Å²) < 4.78 is 11.1. The predicted octanol–water partition coefficient (Wildman–Crippen LogP) is 4.30. The van der Waals surface area contributed by atoms with Gasteiger partial charge in [-0.2, -0.15) is 0 Å². The molecule has 0 aromatic heterocycles. The summed E-state index contributed by atoms with van der Waals surface area (Å²) in [5.41, 5.74) is 0.498. The lowest BCUT2D eigenvalue weighted by molar-refractivity contribution is 0.0772. The van der Waals surface area contributed by atoms with E-state index in [1.165, 1.54) is 0 Å². The summed E-state index contributed by atoms with van der Waals surface area (Å²) in [6, 6.07) is 12.3. The van der Waals surface area contributed by atoms with E-state index in [-0.39, 0.29) is 12.0 Å². The summed E-state index contributed by atoms with van der Waals surface area (Å²) in [7, 11) is 1.62. The van der Waals surface area contributed by atoms with Crippen LogP contribution in [0.2, 0.25) is 10.0 Å². The van der Waals surface area contributed by atoms with Crippen LogP contribution >= 0.6 is 23.2 Å². The number of hydrogen-bond acceptors (Lipinski definition) is 3. The zero-order valence-corrected chi connectivity index (χ0v) is 14.7. The van der Waals surface area contributed by atoms with Crippen molar-refractivity contribution >= 4 is 29.1 Å². The van der Waals surface area contributed by atoms with Crippen molar-refractivity contribution in [2.24, 2.45) is 0 Å². The second-order valence-electron chi connectivity index (χ2n) is 5.61. The van der Waals surface area contributed by atoms with Crippen LogP contribution in [0.5, 0.6) is 11.5 Å². The molecule has 0 spiro atoms. The molecule has 1 heterocycles. The second-order valence-corrected chi connectivity index (χ2v) is 6.49. The van der Waals surface area contributed by atoms with Gasteiger partial charge in [0, 0.05) is 28.6 Å². The monoisotopic (exact) mass is 365 g/mol. The molecule has 0 bridgehead atoms. The molecular weight excluding hydrogens is 349 g/mol. The smallest absolute Gasteiger partial charge is 0.254 e. The Morgan fingerprint density at radius 1 is 1.08 bits per heavy atom. The van der Waals surface area contributed by atoms with E-state index >= 15 is 0 Å². The number of amides is 1. The van der Waals surface area contributed by atoms with E-state index < -0.39 is 0 Å². The number of methoxy groups -OCH3 is 1. The van der Waals surface area contributed by atoms with Crippen LogP contribution in [0.25, 0.3) is 0 Å². The zero-order chi connectivity index (χ0) is 17.1. The Morgan fingerprint density at radius 2 is 1.71 bits per heavy atom. The molecule has 1 aliphatic heterocycles. The Kier molecular flexibility index (Phi) is 5.17. The largest absolute Gasteiger partial charge is 0.497 e. The standard InChI is InChI=1S/C18H17Cl2NO3/c1-23-15-2-4-16(5-3-15)24-17-6-7-21(11-17)18(22)12-8-13(19)10-14(20)9-12/h2-5,8-10,17H,6-7,11H2,1H3. The molecule has 1 atom stereocenters. The van der Waals surface area contributed by atoms with Gasteiger partial charge in [0.2, 0.25) is 0 Å². The third-order valence-corrected chi connectivity index (χ3v) is 4.34. The van der Waals surface area contributed by atoms with Crippen molar-refractivity contribution in [1.82, 2.24) is 4.90 Å². The number of halogens is 2. The summed E-state index contributed by atoms with van der Waals surface area (Å²) in [6.07, 6.45) is 0.753. The molecule has 1 unspecified atom stereocenters. The highest BCUT2D eigenvalue weighted by molar-refractivity contribution is 6.35. The summed E-state index contributed by atoms with van der Waals surface area (Å²) >= 11 is 11.9. The minimum absolute atomic E-state index is 0.0306. The van der Waals surface area contributed by atoms with Crippen LogP contribution < -0.4 is 9.47 Å². The summed E-state index contributed by atoms with van der Waals surface area (Å²) in [6.45, 7) is 1.18. The molecule has 4 nitrogen and oxygen atoms in total. The van der Waals surface area contributed by atoms with Crippen molar-refractivity contribution in [3.8, 4) is 11.5 Å². The van der Waals surface area contributed by atoms with Crippen LogP contribution in [0.15, 0.2) is 42.5 Å². The van der Waals surface area contributed by atoms with E-state index in [0.717, 1.165) is 17.9 Å². The molecule has 24 heavy (non-hydrogen) atoms. The molecule has 6 heteroatoms. The first-order chi connectivity index (χ1) is 11.5. The fourth-order valence-electron chi connectivity index (χ4n) is 2.72. The van der Waals surface area contributed by atoms with Crippen LogP contribution in [-0.4, -0.2) is 37.1 Å². The predicted molar refractivity (Wildman–Crippen MR) is 94.4 cm³/mol. The van der Waals surface area contributed by atoms with Crippen LogP contribution in [0.1, 0.15) is 16.8 Å². The minimum Gasteiger partial charge on any atom is -0.497 e. The number of rotatable bonds is 4. The third-order valence-electron chi connectivity index (χ3n) is 3.90. The van der Waals surface area contributed by atoms with E-state index in [0.29, 0.717) is 28.7 Å². The van der Waals surface area contributed by atoms with Crippen molar-refractivity contribution < 1.29 is 14.3 Å². The van der Waals surface area contributed by atoms with Crippen molar-refractivity contribution in [1.29, 1.82) is 0 Å². The van der Waals surface area contributed by atoms with Gasteiger partial charge in [-0.05, 0) is 42.5 Å². The number of carbonyl (C=O) groups is 1. The number of nitrogens with zero attached hydrogens (tertiary/aromatic N) is 1. The van der Waals surface area contributed by atoms with E-state index in [4.69, 9.17) is 32.7 Å². The molecule has 0 saturated carbocycles. The molecule has 3 rings (SSSR count). The summed E-state index contributed by atoms with van der Waals surface area (Å²) in [4.78, 5) is 14.3. The first-order valence-corrected chi connectivity index (χ1v) is 8.37. The molecule has 1 fully saturated rings. The molecule has 126 valence electrons. The Labute approximate surface area is 150 Å². The van der Waals surface area contributed by atoms with E-state index in [1.807, 2.05) is 24.3 Å². The Hall–Kier alpha value is -1.91. The Morgan fingerprint density at radius 3 is 2.33 bits per heavy atom. The average molecular weight is 366 g/mol. The van der Waals surface area contributed by atoms with Gasteiger partial charge in [-0.15, -0.1) is 0 Å². The number of benzene rings is 2. The lowest BCUT2D eigenvalue weighted by Crippen LogP contribution is -2.30. The van der Waals surface area contributed by atoms with E-state index in [9.17, 15) is 4.79 Å². The average Bonchev–Trinajstić information content (AvgIpc) is 3.02.